The van der Waals surface area contributed by atoms with Crippen molar-refractivity contribution in [3.63, 3.8) is 0 Å². The number of nitrogens with zero attached hydrogens (tertiary/aromatic N) is 4. The number of carbonyl (C=O) groups is 1. The molecule has 0 spiro atoms. The lowest BCUT2D eigenvalue weighted by molar-refractivity contribution is -0.138. The Labute approximate surface area is 175 Å². The van der Waals surface area contributed by atoms with E-state index in [1.54, 1.807) is 0 Å². The average Bonchev–Trinajstić information content (AvgIpc) is 2.77. The number of hydrogen-bond donors (Lipinski definition) is 0. The van der Waals surface area contributed by atoms with Gasteiger partial charge >= 0.3 is 6.18 Å². The molecule has 2 heterocycles. The molecule has 5 nitrogen and oxygen atoms in total. The predicted molar refractivity (Wildman–Crippen MR) is 110 cm³/mol. The van der Waals surface area contributed by atoms with Crippen LogP contribution in [-0.4, -0.2) is 60.0 Å². The molecule has 1 fully saturated rings. The van der Waals surface area contributed by atoms with Crippen LogP contribution in [0.4, 0.5) is 19.0 Å². The summed E-state index contributed by atoms with van der Waals surface area (Å²) in [4.78, 5) is 23.3. The number of benzene rings is 1. The molecule has 1 aromatic heterocycles. The maximum atomic E-state index is 13.4. The molecular formula is C22H27F3N4O. The Bertz CT molecular complexity index is 815. The average molecular weight is 420 g/mol. The summed E-state index contributed by atoms with van der Waals surface area (Å²) < 4.78 is 38.2. The van der Waals surface area contributed by atoms with E-state index in [1.807, 2.05) is 54.0 Å². The number of amides is 1. The lowest BCUT2D eigenvalue weighted by Crippen LogP contribution is -2.52. The monoisotopic (exact) mass is 420 g/mol. The van der Waals surface area contributed by atoms with E-state index in [0.717, 1.165) is 30.9 Å². The van der Waals surface area contributed by atoms with Crippen molar-refractivity contribution in [1.82, 2.24) is 14.8 Å². The summed E-state index contributed by atoms with van der Waals surface area (Å²) in [6.07, 6.45) is -3.54. The maximum absolute atomic E-state index is 13.4. The number of rotatable bonds is 6. The van der Waals surface area contributed by atoms with Crippen LogP contribution in [0.1, 0.15) is 31.0 Å². The Hall–Kier alpha value is -2.61. The fourth-order valence-corrected chi connectivity index (χ4v) is 3.80. The first-order chi connectivity index (χ1) is 14.3. The van der Waals surface area contributed by atoms with Gasteiger partial charge in [0.15, 0.2) is 0 Å². The van der Waals surface area contributed by atoms with Crippen LogP contribution in [0.25, 0.3) is 0 Å². The first-order valence-electron chi connectivity index (χ1n) is 10.2. The van der Waals surface area contributed by atoms with Gasteiger partial charge in [-0.05, 0) is 30.8 Å². The van der Waals surface area contributed by atoms with E-state index in [1.165, 1.54) is 6.07 Å². The highest BCUT2D eigenvalue weighted by atomic mass is 19.4. The summed E-state index contributed by atoms with van der Waals surface area (Å²) in [6, 6.07) is 11.9. The second kappa shape index (κ2) is 9.47. The molecule has 0 aliphatic carbocycles. The quantitative estimate of drug-likeness (QED) is 0.712. The van der Waals surface area contributed by atoms with Gasteiger partial charge in [-0.2, -0.15) is 13.2 Å². The van der Waals surface area contributed by atoms with E-state index in [-0.39, 0.29) is 11.9 Å². The summed E-state index contributed by atoms with van der Waals surface area (Å²) in [7, 11) is 0. The van der Waals surface area contributed by atoms with Crippen molar-refractivity contribution in [1.29, 1.82) is 0 Å². The summed E-state index contributed by atoms with van der Waals surface area (Å²) >= 11 is 0. The molecule has 3 rings (SSSR count). The van der Waals surface area contributed by atoms with Crippen LogP contribution in [0.2, 0.25) is 0 Å². The molecule has 1 amide bonds. The summed E-state index contributed by atoms with van der Waals surface area (Å²) in [6.45, 7) is 7.68. The molecule has 1 aliphatic rings. The molecule has 0 bridgehead atoms. The van der Waals surface area contributed by atoms with E-state index in [4.69, 9.17) is 0 Å². The molecule has 1 unspecified atom stereocenters. The van der Waals surface area contributed by atoms with Crippen LogP contribution in [0.5, 0.6) is 0 Å². The molecule has 2 aromatic rings. The van der Waals surface area contributed by atoms with Crippen LogP contribution < -0.4 is 4.90 Å². The number of anilines is 1. The number of halogens is 3. The molecular weight excluding hydrogens is 393 g/mol. The highest BCUT2D eigenvalue weighted by Gasteiger charge is 2.33. The SMILES string of the molecule is CCN(CC)C(C(=O)N1CCN(c2ccc(C(F)(F)F)cn2)CC1)c1ccccc1. The highest BCUT2D eigenvalue weighted by molar-refractivity contribution is 5.83. The van der Waals surface area contributed by atoms with Crippen molar-refractivity contribution in [2.75, 3.05) is 44.2 Å². The lowest BCUT2D eigenvalue weighted by Gasteiger charge is -2.39. The number of likely N-dealkylation sites (N-methyl/N-ethyl adjacent to an activating group) is 1. The molecule has 0 saturated carbocycles. The second-order valence-corrected chi connectivity index (χ2v) is 7.25. The van der Waals surface area contributed by atoms with E-state index >= 15 is 0 Å². The van der Waals surface area contributed by atoms with Gasteiger partial charge in [0.1, 0.15) is 11.9 Å². The van der Waals surface area contributed by atoms with Crippen molar-refractivity contribution in [2.24, 2.45) is 0 Å². The van der Waals surface area contributed by atoms with Gasteiger partial charge in [-0.25, -0.2) is 4.98 Å². The molecule has 1 aliphatic heterocycles. The van der Waals surface area contributed by atoms with Crippen LogP contribution in [-0.2, 0) is 11.0 Å². The Balaban J connectivity index is 1.69. The van der Waals surface area contributed by atoms with Crippen LogP contribution in [0.15, 0.2) is 48.7 Å². The number of aromatic nitrogens is 1. The molecule has 0 radical (unpaired) electrons. The van der Waals surface area contributed by atoms with Gasteiger partial charge in [0.25, 0.3) is 0 Å². The molecule has 0 N–H and O–H groups in total. The van der Waals surface area contributed by atoms with Crippen molar-refractivity contribution >= 4 is 11.7 Å². The lowest BCUT2D eigenvalue weighted by atomic mass is 10.0. The van der Waals surface area contributed by atoms with Gasteiger partial charge in [0.2, 0.25) is 5.91 Å². The Morgan fingerprint density at radius 1 is 1.03 bits per heavy atom. The van der Waals surface area contributed by atoms with Gasteiger partial charge in [0, 0.05) is 32.4 Å². The minimum atomic E-state index is -4.40. The molecule has 162 valence electrons. The Kier molecular flexibility index (Phi) is 6.97. The number of pyridine rings is 1. The van der Waals surface area contributed by atoms with Gasteiger partial charge in [-0.15, -0.1) is 0 Å². The van der Waals surface area contributed by atoms with E-state index in [9.17, 15) is 18.0 Å². The zero-order valence-corrected chi connectivity index (χ0v) is 17.3. The van der Waals surface area contributed by atoms with Crippen molar-refractivity contribution in [2.45, 2.75) is 26.1 Å². The van der Waals surface area contributed by atoms with Crippen molar-refractivity contribution < 1.29 is 18.0 Å². The van der Waals surface area contributed by atoms with Crippen molar-refractivity contribution in [3.8, 4) is 0 Å². The highest BCUT2D eigenvalue weighted by Crippen LogP contribution is 2.30. The molecule has 30 heavy (non-hydrogen) atoms. The summed E-state index contributed by atoms with van der Waals surface area (Å²) in [5.41, 5.74) is 0.211. The first-order valence-corrected chi connectivity index (χ1v) is 10.2. The summed E-state index contributed by atoms with van der Waals surface area (Å²) in [5, 5.41) is 0. The second-order valence-electron chi connectivity index (χ2n) is 7.25. The molecule has 1 saturated heterocycles. The standard InChI is InChI=1S/C22H27F3N4O/c1-3-27(4-2)20(17-8-6-5-7-9-17)21(30)29-14-12-28(13-15-29)19-11-10-18(16-26-19)22(23,24)25/h5-11,16,20H,3-4,12-15H2,1-2H3. The van der Waals surface area contributed by atoms with Gasteiger partial charge in [-0.1, -0.05) is 44.2 Å². The Morgan fingerprint density at radius 3 is 2.17 bits per heavy atom. The fourth-order valence-electron chi connectivity index (χ4n) is 3.80. The minimum Gasteiger partial charge on any atom is -0.353 e. The largest absolute Gasteiger partial charge is 0.417 e. The third-order valence-electron chi connectivity index (χ3n) is 5.52. The van der Waals surface area contributed by atoms with Crippen molar-refractivity contribution in [3.05, 3.63) is 59.8 Å². The normalized spacial score (nSPS) is 16.1. The zero-order valence-electron chi connectivity index (χ0n) is 17.3. The van der Waals surface area contributed by atoms with Crippen LogP contribution in [0.3, 0.4) is 0 Å². The number of hydrogen-bond acceptors (Lipinski definition) is 4. The predicted octanol–water partition coefficient (Wildman–Crippen LogP) is 3.83. The first kappa shape index (κ1) is 22.1. The fraction of sp³-hybridized carbons (Fsp3) is 0.455. The minimum absolute atomic E-state index is 0.0601. The number of piperazine rings is 1. The van der Waals surface area contributed by atoms with Crippen LogP contribution in [0, 0.1) is 0 Å². The number of carbonyl (C=O) groups excluding carboxylic acids is 1. The topological polar surface area (TPSA) is 39.7 Å². The molecule has 1 aromatic carbocycles. The maximum Gasteiger partial charge on any atom is 0.417 e. The smallest absolute Gasteiger partial charge is 0.353 e. The third-order valence-corrected chi connectivity index (χ3v) is 5.52. The molecule has 8 heteroatoms. The van der Waals surface area contributed by atoms with Gasteiger partial charge in [0.05, 0.1) is 5.56 Å². The van der Waals surface area contributed by atoms with Gasteiger partial charge in [-0.3, -0.25) is 9.69 Å². The number of alkyl halides is 3. The van der Waals surface area contributed by atoms with E-state index < -0.39 is 11.7 Å². The Morgan fingerprint density at radius 2 is 1.67 bits per heavy atom. The summed E-state index contributed by atoms with van der Waals surface area (Å²) in [5.74, 6) is 0.559. The zero-order chi connectivity index (χ0) is 21.7. The van der Waals surface area contributed by atoms with Gasteiger partial charge < -0.3 is 9.80 Å². The molecule has 1 atom stereocenters. The van der Waals surface area contributed by atoms with E-state index in [0.29, 0.717) is 32.0 Å². The third kappa shape index (κ3) is 4.92. The van der Waals surface area contributed by atoms with E-state index in [2.05, 4.69) is 9.88 Å². The van der Waals surface area contributed by atoms with Crippen LogP contribution >= 0.6 is 0 Å².